The number of nitrogens with zero attached hydrogens (tertiary/aromatic N) is 4. The number of thioether (sulfide) groups is 1. The first-order valence-electron chi connectivity index (χ1n) is 6.48. The highest BCUT2D eigenvalue weighted by Crippen LogP contribution is 2.19. The lowest BCUT2D eigenvalue weighted by Gasteiger charge is -2.11. The first-order valence-corrected chi connectivity index (χ1v) is 7.36. The van der Waals surface area contributed by atoms with Crippen molar-refractivity contribution in [3.05, 3.63) is 0 Å². The average Bonchev–Trinajstić information content (AvgIpc) is 2.76. The van der Waals surface area contributed by atoms with Gasteiger partial charge in [-0.15, -0.1) is 5.10 Å². The number of aromatic nitrogens is 4. The number of tetrazole rings is 1. The highest BCUT2D eigenvalue weighted by molar-refractivity contribution is 8.00. The van der Waals surface area contributed by atoms with Crippen LogP contribution in [0.5, 0.6) is 0 Å². The summed E-state index contributed by atoms with van der Waals surface area (Å²) in [7, 11) is 0. The molecule has 0 bridgehead atoms. The summed E-state index contributed by atoms with van der Waals surface area (Å²) >= 11 is 1.37. The van der Waals surface area contributed by atoms with Crippen molar-refractivity contribution in [2.45, 2.75) is 50.7 Å². The Morgan fingerprint density at radius 1 is 1.42 bits per heavy atom. The molecule has 2 N–H and O–H groups in total. The second-order valence-corrected chi connectivity index (χ2v) is 5.76. The van der Waals surface area contributed by atoms with Gasteiger partial charge in [0.1, 0.15) is 0 Å². The lowest BCUT2D eigenvalue weighted by atomic mass is 10.4. The molecule has 108 valence electrons. The zero-order valence-corrected chi connectivity index (χ0v) is 12.7. The predicted octanol–water partition coefficient (Wildman–Crippen LogP) is 0.288. The van der Waals surface area contributed by atoms with Crippen LogP contribution >= 0.6 is 11.8 Å². The van der Waals surface area contributed by atoms with E-state index >= 15 is 0 Å². The van der Waals surface area contributed by atoms with Crippen LogP contribution in [0.1, 0.15) is 27.7 Å². The molecule has 1 amide bonds. The molecule has 0 aromatic carbocycles. The summed E-state index contributed by atoms with van der Waals surface area (Å²) in [5, 5.41) is 18.1. The Kier molecular flexibility index (Phi) is 6.79. The minimum absolute atomic E-state index is 0.00218. The molecular weight excluding hydrogens is 264 g/mol. The zero-order chi connectivity index (χ0) is 14.3. The van der Waals surface area contributed by atoms with Crippen molar-refractivity contribution >= 4 is 17.7 Å². The maximum Gasteiger partial charge on any atom is 0.233 e. The van der Waals surface area contributed by atoms with Crippen LogP contribution in [0.4, 0.5) is 0 Å². The van der Waals surface area contributed by atoms with Crippen LogP contribution in [0.15, 0.2) is 5.16 Å². The summed E-state index contributed by atoms with van der Waals surface area (Å²) in [6, 6.07) is 0.432. The zero-order valence-electron chi connectivity index (χ0n) is 11.9. The van der Waals surface area contributed by atoms with E-state index in [0.29, 0.717) is 24.3 Å². The second kappa shape index (κ2) is 8.11. The summed E-state index contributed by atoms with van der Waals surface area (Å²) in [6.45, 7) is 10.0. The van der Waals surface area contributed by atoms with E-state index in [2.05, 4.69) is 40.0 Å². The van der Waals surface area contributed by atoms with Gasteiger partial charge in [0.25, 0.3) is 0 Å². The van der Waals surface area contributed by atoms with E-state index in [9.17, 15) is 4.79 Å². The van der Waals surface area contributed by atoms with Gasteiger partial charge in [0, 0.05) is 19.1 Å². The molecule has 0 fully saturated rings. The standard InChI is InChI=1S/C11H22N6OS/c1-5-12-10(18)9(4)19-11-14-15-16-17(11)7-6-13-8(2)3/h8-9,13H,5-7H2,1-4H3,(H,12,18). The molecule has 1 rings (SSSR count). The molecule has 1 atom stereocenters. The van der Waals surface area contributed by atoms with Crippen LogP contribution in [0.25, 0.3) is 0 Å². The van der Waals surface area contributed by atoms with E-state index in [1.807, 2.05) is 13.8 Å². The molecule has 19 heavy (non-hydrogen) atoms. The third kappa shape index (κ3) is 5.56. The van der Waals surface area contributed by atoms with Crippen LogP contribution in [-0.2, 0) is 11.3 Å². The number of rotatable bonds is 8. The highest BCUT2D eigenvalue weighted by atomic mass is 32.2. The van der Waals surface area contributed by atoms with Gasteiger partial charge in [0.15, 0.2) is 0 Å². The summed E-state index contributed by atoms with van der Waals surface area (Å²) in [5.41, 5.74) is 0. The van der Waals surface area contributed by atoms with Gasteiger partial charge in [-0.2, -0.15) is 0 Å². The molecule has 8 heteroatoms. The first kappa shape index (κ1) is 15.9. The fraction of sp³-hybridized carbons (Fsp3) is 0.818. The molecule has 0 saturated carbocycles. The molecule has 1 aromatic rings. The van der Waals surface area contributed by atoms with Crippen LogP contribution in [0, 0.1) is 0 Å². The van der Waals surface area contributed by atoms with E-state index in [-0.39, 0.29) is 11.2 Å². The van der Waals surface area contributed by atoms with E-state index in [0.717, 1.165) is 6.54 Å². The van der Waals surface area contributed by atoms with Crippen LogP contribution in [-0.4, -0.2) is 50.5 Å². The van der Waals surface area contributed by atoms with Gasteiger partial charge in [-0.1, -0.05) is 25.6 Å². The minimum Gasteiger partial charge on any atom is -0.355 e. The SMILES string of the molecule is CCNC(=O)C(C)Sc1nnnn1CCNC(C)C. The van der Waals surface area contributed by atoms with Gasteiger partial charge in [-0.25, -0.2) is 4.68 Å². The number of amides is 1. The topological polar surface area (TPSA) is 84.7 Å². The monoisotopic (exact) mass is 286 g/mol. The number of carbonyl (C=O) groups excluding carboxylic acids is 1. The lowest BCUT2D eigenvalue weighted by molar-refractivity contribution is -0.120. The largest absolute Gasteiger partial charge is 0.355 e. The Labute approximate surface area is 117 Å². The number of hydrogen-bond donors (Lipinski definition) is 2. The van der Waals surface area contributed by atoms with Crippen LogP contribution in [0.3, 0.4) is 0 Å². The fourth-order valence-electron chi connectivity index (χ4n) is 1.41. The number of hydrogen-bond acceptors (Lipinski definition) is 6. The molecule has 0 saturated heterocycles. The summed E-state index contributed by atoms with van der Waals surface area (Å²) < 4.78 is 1.72. The summed E-state index contributed by atoms with van der Waals surface area (Å²) in [6.07, 6.45) is 0. The van der Waals surface area contributed by atoms with Crippen molar-refractivity contribution in [2.24, 2.45) is 0 Å². The third-order valence-electron chi connectivity index (χ3n) is 2.38. The van der Waals surface area contributed by atoms with E-state index in [1.165, 1.54) is 11.8 Å². The molecule has 0 radical (unpaired) electrons. The molecular formula is C11H22N6OS. The normalized spacial score (nSPS) is 12.7. The molecule has 0 aliphatic heterocycles. The average molecular weight is 286 g/mol. The Hall–Kier alpha value is -1.15. The molecule has 1 heterocycles. The summed E-state index contributed by atoms with van der Waals surface area (Å²) in [4.78, 5) is 11.7. The Morgan fingerprint density at radius 3 is 2.79 bits per heavy atom. The quantitative estimate of drug-likeness (QED) is 0.668. The van der Waals surface area contributed by atoms with Crippen molar-refractivity contribution < 1.29 is 4.79 Å². The van der Waals surface area contributed by atoms with E-state index in [4.69, 9.17) is 0 Å². The molecule has 7 nitrogen and oxygen atoms in total. The summed E-state index contributed by atoms with van der Waals surface area (Å²) in [5.74, 6) is 0.00218. The van der Waals surface area contributed by atoms with Gasteiger partial charge in [-0.3, -0.25) is 4.79 Å². The molecule has 0 aliphatic rings. The predicted molar refractivity (Wildman–Crippen MR) is 75.0 cm³/mol. The Morgan fingerprint density at radius 2 is 2.16 bits per heavy atom. The Bertz CT molecular complexity index is 394. The van der Waals surface area contributed by atoms with Crippen LogP contribution in [0.2, 0.25) is 0 Å². The van der Waals surface area contributed by atoms with Gasteiger partial charge < -0.3 is 10.6 Å². The highest BCUT2D eigenvalue weighted by Gasteiger charge is 2.17. The Balaban J connectivity index is 2.50. The van der Waals surface area contributed by atoms with E-state index < -0.39 is 0 Å². The lowest BCUT2D eigenvalue weighted by Crippen LogP contribution is -2.31. The van der Waals surface area contributed by atoms with Gasteiger partial charge in [0.05, 0.1) is 11.8 Å². The minimum atomic E-state index is -0.206. The fourth-order valence-corrected chi connectivity index (χ4v) is 2.25. The maximum atomic E-state index is 11.7. The van der Waals surface area contributed by atoms with Gasteiger partial charge in [0.2, 0.25) is 11.1 Å². The number of nitrogens with one attached hydrogen (secondary N) is 2. The molecule has 1 aromatic heterocycles. The maximum absolute atomic E-state index is 11.7. The molecule has 1 unspecified atom stereocenters. The van der Waals surface area contributed by atoms with Gasteiger partial charge >= 0.3 is 0 Å². The number of carbonyl (C=O) groups is 1. The van der Waals surface area contributed by atoms with Crippen molar-refractivity contribution in [2.75, 3.05) is 13.1 Å². The van der Waals surface area contributed by atoms with Gasteiger partial charge in [-0.05, 0) is 24.3 Å². The van der Waals surface area contributed by atoms with E-state index in [1.54, 1.807) is 4.68 Å². The molecule has 0 spiro atoms. The molecule has 0 aliphatic carbocycles. The van der Waals surface area contributed by atoms with Crippen molar-refractivity contribution in [3.63, 3.8) is 0 Å². The van der Waals surface area contributed by atoms with Crippen molar-refractivity contribution in [1.29, 1.82) is 0 Å². The second-order valence-electron chi connectivity index (χ2n) is 4.45. The van der Waals surface area contributed by atoms with Crippen molar-refractivity contribution in [3.8, 4) is 0 Å². The smallest absolute Gasteiger partial charge is 0.233 e. The first-order chi connectivity index (χ1) is 9.04. The van der Waals surface area contributed by atoms with Crippen LogP contribution < -0.4 is 10.6 Å². The van der Waals surface area contributed by atoms with Crippen molar-refractivity contribution in [1.82, 2.24) is 30.8 Å². The third-order valence-corrected chi connectivity index (χ3v) is 3.45.